The van der Waals surface area contributed by atoms with Gasteiger partial charge in [0.15, 0.2) is 5.82 Å². The Labute approximate surface area is 137 Å². The van der Waals surface area contributed by atoms with Gasteiger partial charge in [-0.2, -0.15) is 0 Å². The standard InChI is InChI=1S/C12H17FN2O.C5H10O2/c1-16-10-3-2-9(14)12(13)11(10)8-4-6-15-7-5-8;1-5(2,3)7-4-6/h2-3,8,15H,4-7,14H2,1H3;4H,1-3H3. The van der Waals surface area contributed by atoms with Gasteiger partial charge in [0.25, 0.3) is 6.47 Å². The van der Waals surface area contributed by atoms with Crippen molar-refractivity contribution in [3.63, 3.8) is 0 Å². The van der Waals surface area contributed by atoms with Crippen LogP contribution in [0.15, 0.2) is 12.1 Å². The van der Waals surface area contributed by atoms with E-state index in [1.807, 2.05) is 20.8 Å². The number of methoxy groups -OCH3 is 1. The molecule has 0 bridgehead atoms. The summed E-state index contributed by atoms with van der Waals surface area (Å²) in [5, 5.41) is 3.26. The Morgan fingerprint density at radius 1 is 1.30 bits per heavy atom. The molecular weight excluding hydrogens is 299 g/mol. The van der Waals surface area contributed by atoms with E-state index in [4.69, 9.17) is 10.5 Å². The summed E-state index contributed by atoms with van der Waals surface area (Å²) in [4.78, 5) is 9.60. The van der Waals surface area contributed by atoms with Crippen LogP contribution in [0.5, 0.6) is 5.75 Å². The molecule has 1 saturated heterocycles. The van der Waals surface area contributed by atoms with E-state index in [2.05, 4.69) is 10.1 Å². The van der Waals surface area contributed by atoms with Crippen molar-refractivity contribution in [2.75, 3.05) is 25.9 Å². The normalized spacial score (nSPS) is 15.3. The maximum atomic E-state index is 14.0. The lowest BCUT2D eigenvalue weighted by atomic mass is 9.89. The lowest BCUT2D eigenvalue weighted by Gasteiger charge is -2.25. The lowest BCUT2D eigenvalue weighted by Crippen LogP contribution is -2.27. The Bertz CT molecular complexity index is 509. The number of carbonyl (C=O) groups excluding carboxylic acids is 1. The van der Waals surface area contributed by atoms with E-state index in [9.17, 15) is 9.18 Å². The van der Waals surface area contributed by atoms with Crippen LogP contribution in [0, 0.1) is 5.82 Å². The number of nitrogens with one attached hydrogen (secondary N) is 1. The highest BCUT2D eigenvalue weighted by molar-refractivity contribution is 5.51. The number of hydrogen-bond acceptors (Lipinski definition) is 5. The molecule has 1 aliphatic heterocycles. The molecule has 1 aliphatic rings. The van der Waals surface area contributed by atoms with Gasteiger partial charge in [0.05, 0.1) is 12.8 Å². The zero-order chi connectivity index (χ0) is 17.5. The van der Waals surface area contributed by atoms with Gasteiger partial charge < -0.3 is 20.5 Å². The third-order valence-electron chi connectivity index (χ3n) is 3.54. The SMILES string of the molecule is CC(C)(C)OC=O.COc1ccc(N)c(F)c1C1CCNCC1. The van der Waals surface area contributed by atoms with E-state index in [1.165, 1.54) is 0 Å². The van der Waals surface area contributed by atoms with Gasteiger partial charge >= 0.3 is 0 Å². The second kappa shape index (κ2) is 8.72. The van der Waals surface area contributed by atoms with E-state index in [-0.39, 0.29) is 23.0 Å². The summed E-state index contributed by atoms with van der Waals surface area (Å²) in [6.07, 6.45) is 1.85. The predicted molar refractivity (Wildman–Crippen MR) is 89.1 cm³/mol. The molecule has 3 N–H and O–H groups in total. The van der Waals surface area contributed by atoms with Gasteiger partial charge in [0, 0.05) is 5.56 Å². The number of benzene rings is 1. The van der Waals surface area contributed by atoms with Gasteiger partial charge in [-0.1, -0.05) is 0 Å². The lowest BCUT2D eigenvalue weighted by molar-refractivity contribution is -0.138. The number of ether oxygens (including phenoxy) is 2. The highest BCUT2D eigenvalue weighted by Crippen LogP contribution is 2.36. The molecule has 1 aromatic carbocycles. The largest absolute Gasteiger partial charge is 0.496 e. The van der Waals surface area contributed by atoms with Gasteiger partial charge in [0.1, 0.15) is 11.4 Å². The number of hydrogen-bond donors (Lipinski definition) is 2. The molecule has 1 heterocycles. The summed E-state index contributed by atoms with van der Waals surface area (Å²) >= 11 is 0. The van der Waals surface area contributed by atoms with Crippen LogP contribution in [-0.4, -0.2) is 32.3 Å². The summed E-state index contributed by atoms with van der Waals surface area (Å²) in [6, 6.07) is 3.30. The van der Waals surface area contributed by atoms with Crippen LogP contribution in [0.1, 0.15) is 45.1 Å². The van der Waals surface area contributed by atoms with Crippen LogP contribution in [0.3, 0.4) is 0 Å². The van der Waals surface area contributed by atoms with Crippen molar-refractivity contribution in [2.24, 2.45) is 0 Å². The minimum Gasteiger partial charge on any atom is -0.496 e. The van der Waals surface area contributed by atoms with Crippen LogP contribution < -0.4 is 15.8 Å². The first-order valence-electron chi connectivity index (χ1n) is 7.74. The molecule has 0 unspecified atom stereocenters. The third kappa shape index (κ3) is 6.06. The van der Waals surface area contributed by atoms with Crippen molar-refractivity contribution < 1.29 is 18.7 Å². The van der Waals surface area contributed by atoms with Crippen molar-refractivity contribution >= 4 is 12.2 Å². The number of anilines is 1. The molecule has 130 valence electrons. The third-order valence-corrected chi connectivity index (χ3v) is 3.54. The second-order valence-electron chi connectivity index (χ2n) is 6.44. The molecule has 0 aliphatic carbocycles. The Balaban J connectivity index is 0.000000322. The smallest absolute Gasteiger partial charge is 0.293 e. The molecular formula is C17H27FN2O3. The van der Waals surface area contributed by atoms with Gasteiger partial charge in [-0.3, -0.25) is 4.79 Å². The minimum absolute atomic E-state index is 0.203. The summed E-state index contributed by atoms with van der Waals surface area (Å²) in [5.41, 5.74) is 6.13. The highest BCUT2D eigenvalue weighted by Gasteiger charge is 2.23. The van der Waals surface area contributed by atoms with Crippen molar-refractivity contribution in [1.29, 1.82) is 0 Å². The molecule has 23 heavy (non-hydrogen) atoms. The highest BCUT2D eigenvalue weighted by atomic mass is 19.1. The van der Waals surface area contributed by atoms with Crippen LogP contribution in [0.2, 0.25) is 0 Å². The molecule has 0 spiro atoms. The topological polar surface area (TPSA) is 73.6 Å². The zero-order valence-corrected chi connectivity index (χ0v) is 14.3. The molecule has 0 atom stereocenters. The fourth-order valence-electron chi connectivity index (χ4n) is 2.41. The van der Waals surface area contributed by atoms with Gasteiger partial charge in [-0.25, -0.2) is 4.39 Å². The van der Waals surface area contributed by atoms with E-state index in [1.54, 1.807) is 19.2 Å². The second-order valence-corrected chi connectivity index (χ2v) is 6.44. The zero-order valence-electron chi connectivity index (χ0n) is 14.3. The first kappa shape index (κ1) is 19.2. The molecule has 6 heteroatoms. The van der Waals surface area contributed by atoms with E-state index < -0.39 is 0 Å². The van der Waals surface area contributed by atoms with Gasteiger partial charge in [-0.05, 0) is 64.8 Å². The van der Waals surface area contributed by atoms with Gasteiger partial charge in [-0.15, -0.1) is 0 Å². The molecule has 0 aromatic heterocycles. The number of rotatable bonds is 3. The molecule has 1 fully saturated rings. The van der Waals surface area contributed by atoms with E-state index in [0.717, 1.165) is 25.9 Å². The number of halogens is 1. The molecule has 0 amide bonds. The van der Waals surface area contributed by atoms with Crippen LogP contribution in [-0.2, 0) is 9.53 Å². The Hall–Kier alpha value is -1.82. The maximum absolute atomic E-state index is 14.0. The van der Waals surface area contributed by atoms with Crippen molar-refractivity contribution in [3.8, 4) is 5.75 Å². The Morgan fingerprint density at radius 3 is 2.35 bits per heavy atom. The van der Waals surface area contributed by atoms with E-state index >= 15 is 0 Å². The van der Waals surface area contributed by atoms with Crippen LogP contribution >= 0.6 is 0 Å². The van der Waals surface area contributed by atoms with Crippen molar-refractivity contribution in [3.05, 3.63) is 23.5 Å². The Kier molecular flexibility index (Phi) is 7.29. The summed E-state index contributed by atoms with van der Waals surface area (Å²) in [7, 11) is 1.57. The van der Waals surface area contributed by atoms with E-state index in [0.29, 0.717) is 17.8 Å². The minimum atomic E-state index is -0.318. The average Bonchev–Trinajstić information content (AvgIpc) is 2.50. The summed E-state index contributed by atoms with van der Waals surface area (Å²) in [5.74, 6) is 0.504. The molecule has 0 saturated carbocycles. The van der Waals surface area contributed by atoms with Gasteiger partial charge in [0.2, 0.25) is 0 Å². The fraction of sp³-hybridized carbons (Fsp3) is 0.588. The molecule has 2 rings (SSSR count). The number of piperidine rings is 1. The quantitative estimate of drug-likeness (QED) is 0.660. The first-order chi connectivity index (χ1) is 10.8. The summed E-state index contributed by atoms with van der Waals surface area (Å²) < 4.78 is 23.8. The molecule has 5 nitrogen and oxygen atoms in total. The maximum Gasteiger partial charge on any atom is 0.293 e. The van der Waals surface area contributed by atoms with Crippen LogP contribution in [0.4, 0.5) is 10.1 Å². The number of nitrogen functional groups attached to an aromatic ring is 1. The predicted octanol–water partition coefficient (Wildman–Crippen LogP) is 2.84. The van der Waals surface area contributed by atoms with Crippen molar-refractivity contribution in [2.45, 2.75) is 45.1 Å². The Morgan fingerprint density at radius 2 is 1.91 bits per heavy atom. The monoisotopic (exact) mass is 326 g/mol. The molecule has 0 radical (unpaired) electrons. The van der Waals surface area contributed by atoms with Crippen molar-refractivity contribution in [1.82, 2.24) is 5.32 Å². The fourth-order valence-corrected chi connectivity index (χ4v) is 2.41. The number of carbonyl (C=O) groups is 1. The van der Waals surface area contributed by atoms with Crippen LogP contribution in [0.25, 0.3) is 0 Å². The summed E-state index contributed by atoms with van der Waals surface area (Å²) in [6.45, 7) is 7.76. The first-order valence-corrected chi connectivity index (χ1v) is 7.74. The molecule has 1 aromatic rings. The number of nitrogens with two attached hydrogens (primary N) is 1. The average molecular weight is 326 g/mol.